The van der Waals surface area contributed by atoms with E-state index in [4.69, 9.17) is 0 Å². The summed E-state index contributed by atoms with van der Waals surface area (Å²) < 4.78 is 0. The molecule has 5 heteroatoms. The highest BCUT2D eigenvalue weighted by atomic mass is 16.3. The maximum atomic E-state index is 12.1. The molecule has 0 spiro atoms. The Kier molecular flexibility index (Phi) is 3.62. The van der Waals surface area contributed by atoms with Crippen molar-refractivity contribution < 1.29 is 15.0 Å². The number of fused-ring (bicyclic) bond motifs is 1. The highest BCUT2D eigenvalue weighted by Crippen LogP contribution is 2.25. The Labute approximate surface area is 126 Å². The Morgan fingerprint density at radius 1 is 1.05 bits per heavy atom. The van der Waals surface area contributed by atoms with E-state index in [0.717, 1.165) is 10.9 Å². The summed E-state index contributed by atoms with van der Waals surface area (Å²) in [7, 11) is 0. The second-order valence-electron chi connectivity index (χ2n) is 4.93. The number of nitrogens with zero attached hydrogens (tertiary/aromatic N) is 1. The fourth-order valence-electron chi connectivity index (χ4n) is 2.26. The minimum atomic E-state index is -0.239. The summed E-state index contributed by atoms with van der Waals surface area (Å²) in [6.45, 7) is 0. The Bertz CT molecular complexity index is 841. The lowest BCUT2D eigenvalue weighted by molar-refractivity contribution is -0.115. The quantitative estimate of drug-likeness (QED) is 0.649. The van der Waals surface area contributed by atoms with E-state index in [1.165, 1.54) is 12.1 Å². The zero-order valence-electron chi connectivity index (χ0n) is 11.7. The number of aromatic nitrogens is 1. The summed E-state index contributed by atoms with van der Waals surface area (Å²) in [5, 5.41) is 22.5. The topological polar surface area (TPSA) is 82.5 Å². The van der Waals surface area contributed by atoms with Crippen molar-refractivity contribution in [3.63, 3.8) is 0 Å². The summed E-state index contributed by atoms with van der Waals surface area (Å²) in [6.07, 6.45) is 1.77. The Morgan fingerprint density at radius 3 is 2.68 bits per heavy atom. The molecule has 0 aliphatic carbocycles. The number of pyridine rings is 1. The lowest BCUT2D eigenvalue weighted by Gasteiger charge is -2.08. The van der Waals surface area contributed by atoms with E-state index < -0.39 is 0 Å². The number of amides is 1. The van der Waals surface area contributed by atoms with Crippen LogP contribution in [0.2, 0.25) is 0 Å². The van der Waals surface area contributed by atoms with Crippen molar-refractivity contribution in [1.82, 2.24) is 4.98 Å². The van der Waals surface area contributed by atoms with E-state index >= 15 is 0 Å². The second-order valence-corrected chi connectivity index (χ2v) is 4.93. The van der Waals surface area contributed by atoms with Crippen LogP contribution in [0.3, 0.4) is 0 Å². The molecule has 0 bridgehead atoms. The van der Waals surface area contributed by atoms with E-state index in [2.05, 4.69) is 10.3 Å². The molecule has 1 aromatic heterocycles. The molecule has 0 fully saturated rings. The molecule has 0 saturated heterocycles. The van der Waals surface area contributed by atoms with Crippen LogP contribution in [0.25, 0.3) is 10.9 Å². The maximum absolute atomic E-state index is 12.1. The molecule has 0 unspecified atom stereocenters. The zero-order chi connectivity index (χ0) is 15.5. The van der Waals surface area contributed by atoms with Crippen LogP contribution in [0.1, 0.15) is 5.56 Å². The van der Waals surface area contributed by atoms with Crippen LogP contribution in [-0.4, -0.2) is 21.1 Å². The molecular formula is C17H14N2O3. The third kappa shape index (κ3) is 2.83. The van der Waals surface area contributed by atoms with Crippen LogP contribution in [0.15, 0.2) is 54.7 Å². The average Bonchev–Trinajstić information content (AvgIpc) is 2.51. The molecule has 0 aliphatic heterocycles. The highest BCUT2D eigenvalue weighted by Gasteiger charge is 2.09. The normalized spacial score (nSPS) is 10.5. The smallest absolute Gasteiger partial charge is 0.228 e. The molecule has 3 rings (SSSR count). The van der Waals surface area contributed by atoms with Gasteiger partial charge in [0.25, 0.3) is 0 Å². The summed E-state index contributed by atoms with van der Waals surface area (Å²) in [5.74, 6) is -0.664. The van der Waals surface area contributed by atoms with E-state index in [1.54, 1.807) is 18.3 Å². The van der Waals surface area contributed by atoms with Crippen molar-refractivity contribution in [2.45, 2.75) is 6.42 Å². The number of aromatic hydroxyl groups is 2. The monoisotopic (exact) mass is 294 g/mol. The third-order valence-corrected chi connectivity index (χ3v) is 3.31. The zero-order valence-corrected chi connectivity index (χ0v) is 11.7. The van der Waals surface area contributed by atoms with E-state index in [9.17, 15) is 15.0 Å². The van der Waals surface area contributed by atoms with Gasteiger partial charge >= 0.3 is 0 Å². The van der Waals surface area contributed by atoms with Gasteiger partial charge in [-0.3, -0.25) is 9.78 Å². The van der Waals surface area contributed by atoms with Crippen LogP contribution in [0.5, 0.6) is 11.5 Å². The fraction of sp³-hybridized carbons (Fsp3) is 0.0588. The number of benzene rings is 2. The van der Waals surface area contributed by atoms with Crippen molar-refractivity contribution in [2.24, 2.45) is 0 Å². The molecule has 110 valence electrons. The first-order chi connectivity index (χ1) is 10.6. The number of para-hydroxylation sites is 1. The first-order valence-corrected chi connectivity index (χ1v) is 6.78. The van der Waals surface area contributed by atoms with Gasteiger partial charge in [0.15, 0.2) is 11.5 Å². The summed E-state index contributed by atoms with van der Waals surface area (Å²) in [4.78, 5) is 16.4. The molecule has 22 heavy (non-hydrogen) atoms. The Balaban J connectivity index is 1.80. The predicted molar refractivity (Wildman–Crippen MR) is 83.8 cm³/mol. The third-order valence-electron chi connectivity index (χ3n) is 3.31. The fourth-order valence-corrected chi connectivity index (χ4v) is 2.26. The standard InChI is InChI=1S/C17H14N2O3/c20-14-7-6-11(9-15(14)21)10-16(22)19-13-5-1-3-12-4-2-8-18-17(12)13/h1-9,20-21H,10H2,(H,19,22). The SMILES string of the molecule is O=C(Cc1ccc(O)c(O)c1)Nc1cccc2cccnc12. The van der Waals surface area contributed by atoms with Gasteiger partial charge in [0.2, 0.25) is 5.91 Å². The van der Waals surface area contributed by atoms with Crippen molar-refractivity contribution in [1.29, 1.82) is 0 Å². The van der Waals surface area contributed by atoms with Crippen molar-refractivity contribution in [2.75, 3.05) is 5.32 Å². The number of hydrogen-bond donors (Lipinski definition) is 3. The Hall–Kier alpha value is -3.08. The maximum Gasteiger partial charge on any atom is 0.228 e. The van der Waals surface area contributed by atoms with E-state index in [1.807, 2.05) is 24.3 Å². The average molecular weight is 294 g/mol. The van der Waals surface area contributed by atoms with Crippen molar-refractivity contribution >= 4 is 22.5 Å². The molecule has 2 aromatic carbocycles. The van der Waals surface area contributed by atoms with Gasteiger partial charge in [-0.1, -0.05) is 24.3 Å². The molecule has 3 N–H and O–H groups in total. The number of phenols is 2. The Morgan fingerprint density at radius 2 is 1.86 bits per heavy atom. The molecule has 1 amide bonds. The molecule has 1 heterocycles. The largest absolute Gasteiger partial charge is 0.504 e. The number of phenolic OH excluding ortho intramolecular Hbond substituents is 2. The van der Waals surface area contributed by atoms with Crippen LogP contribution in [0, 0.1) is 0 Å². The summed E-state index contributed by atoms with van der Waals surface area (Å²) in [6, 6.07) is 13.7. The molecule has 0 radical (unpaired) electrons. The molecule has 0 aliphatic rings. The van der Waals surface area contributed by atoms with Gasteiger partial charge in [0, 0.05) is 11.6 Å². The second kappa shape index (κ2) is 5.73. The highest BCUT2D eigenvalue weighted by molar-refractivity contribution is 6.00. The van der Waals surface area contributed by atoms with Gasteiger partial charge in [-0.15, -0.1) is 0 Å². The number of carbonyl (C=O) groups excluding carboxylic acids is 1. The van der Waals surface area contributed by atoms with Crippen LogP contribution >= 0.6 is 0 Å². The number of nitrogens with one attached hydrogen (secondary N) is 1. The van der Waals surface area contributed by atoms with Gasteiger partial charge < -0.3 is 15.5 Å². The van der Waals surface area contributed by atoms with Crippen LogP contribution < -0.4 is 5.32 Å². The molecular weight excluding hydrogens is 280 g/mol. The van der Waals surface area contributed by atoms with Gasteiger partial charge in [-0.25, -0.2) is 0 Å². The summed E-state index contributed by atoms with van der Waals surface area (Å²) in [5.41, 5.74) is 1.99. The predicted octanol–water partition coefficient (Wildman–Crippen LogP) is 2.83. The number of carbonyl (C=O) groups is 1. The number of hydrogen-bond acceptors (Lipinski definition) is 4. The molecule has 5 nitrogen and oxygen atoms in total. The van der Waals surface area contributed by atoms with Gasteiger partial charge in [-0.05, 0) is 29.8 Å². The molecule has 3 aromatic rings. The number of anilines is 1. The lowest BCUT2D eigenvalue weighted by Crippen LogP contribution is -2.14. The summed E-state index contributed by atoms with van der Waals surface area (Å²) >= 11 is 0. The first kappa shape index (κ1) is 13.9. The minimum absolute atomic E-state index is 0.0943. The lowest BCUT2D eigenvalue weighted by atomic mass is 10.1. The number of rotatable bonds is 3. The molecule has 0 atom stereocenters. The van der Waals surface area contributed by atoms with E-state index in [0.29, 0.717) is 11.3 Å². The van der Waals surface area contributed by atoms with Crippen LogP contribution in [-0.2, 0) is 11.2 Å². The minimum Gasteiger partial charge on any atom is -0.504 e. The van der Waals surface area contributed by atoms with Gasteiger partial charge in [0.05, 0.1) is 17.6 Å². The van der Waals surface area contributed by atoms with Crippen LogP contribution in [0.4, 0.5) is 5.69 Å². The molecule has 0 saturated carbocycles. The van der Waals surface area contributed by atoms with Gasteiger partial charge in [-0.2, -0.15) is 0 Å². The van der Waals surface area contributed by atoms with Crippen molar-refractivity contribution in [3.8, 4) is 11.5 Å². The first-order valence-electron chi connectivity index (χ1n) is 6.78. The van der Waals surface area contributed by atoms with Crippen molar-refractivity contribution in [3.05, 3.63) is 60.3 Å². The van der Waals surface area contributed by atoms with E-state index in [-0.39, 0.29) is 23.8 Å². The van der Waals surface area contributed by atoms with Gasteiger partial charge in [0.1, 0.15) is 0 Å².